The summed E-state index contributed by atoms with van der Waals surface area (Å²) in [4.78, 5) is 14.6. The average Bonchev–Trinajstić information content (AvgIpc) is 2.49. The van der Waals surface area contributed by atoms with Crippen LogP contribution >= 0.6 is 0 Å². The van der Waals surface area contributed by atoms with Crippen LogP contribution in [0.2, 0.25) is 0 Å². The molecule has 0 amide bonds. The molecule has 86 valence electrons. The Bertz CT molecular complexity index is 249. The largest absolute Gasteiger partial charge is 0.299 e. The van der Waals surface area contributed by atoms with E-state index in [-0.39, 0.29) is 0 Å². The zero-order valence-electron chi connectivity index (χ0n) is 10.2. The summed E-state index contributed by atoms with van der Waals surface area (Å²) in [6, 6.07) is 1.84. The maximum Gasteiger partial charge on any atom is 0.137 e. The van der Waals surface area contributed by atoms with E-state index in [1.54, 1.807) is 0 Å². The third-order valence-corrected chi connectivity index (χ3v) is 4.21. The van der Waals surface area contributed by atoms with Gasteiger partial charge in [0.2, 0.25) is 0 Å². The van der Waals surface area contributed by atoms with Crippen molar-refractivity contribution in [2.24, 2.45) is 5.92 Å². The van der Waals surface area contributed by atoms with Crippen LogP contribution < -0.4 is 0 Å². The molecule has 2 heterocycles. The van der Waals surface area contributed by atoms with Crippen molar-refractivity contribution >= 4 is 5.78 Å². The Morgan fingerprint density at radius 1 is 1.33 bits per heavy atom. The molecule has 0 aromatic carbocycles. The fraction of sp³-hybridized carbons (Fsp3) is 0.923. The first-order valence-corrected chi connectivity index (χ1v) is 6.43. The first kappa shape index (κ1) is 11.1. The summed E-state index contributed by atoms with van der Waals surface area (Å²) >= 11 is 0. The van der Waals surface area contributed by atoms with Gasteiger partial charge in [0, 0.05) is 30.5 Å². The van der Waals surface area contributed by atoms with Crippen LogP contribution in [0.15, 0.2) is 0 Å². The van der Waals surface area contributed by atoms with Gasteiger partial charge in [-0.25, -0.2) is 0 Å². The van der Waals surface area contributed by atoms with Gasteiger partial charge in [0.05, 0.1) is 0 Å². The molecule has 2 bridgehead atoms. The lowest BCUT2D eigenvalue weighted by Gasteiger charge is -2.31. The van der Waals surface area contributed by atoms with Crippen molar-refractivity contribution in [2.75, 3.05) is 0 Å². The maximum atomic E-state index is 12.0. The van der Waals surface area contributed by atoms with E-state index in [0.717, 1.165) is 19.3 Å². The molecule has 2 nitrogen and oxygen atoms in total. The van der Waals surface area contributed by atoms with Gasteiger partial charge in [-0.05, 0) is 39.5 Å². The Hall–Kier alpha value is -0.370. The van der Waals surface area contributed by atoms with Crippen LogP contribution in [0.4, 0.5) is 0 Å². The molecule has 2 fully saturated rings. The second-order valence-electron chi connectivity index (χ2n) is 5.44. The highest BCUT2D eigenvalue weighted by molar-refractivity contribution is 5.82. The first-order chi connectivity index (χ1) is 7.13. The Morgan fingerprint density at radius 3 is 2.60 bits per heavy atom. The highest BCUT2D eigenvalue weighted by Gasteiger charge is 2.41. The number of ketones is 1. The molecular formula is C13H23NO. The molecule has 0 spiro atoms. The molecule has 2 rings (SSSR count). The molecule has 15 heavy (non-hydrogen) atoms. The average molecular weight is 209 g/mol. The molecule has 0 saturated carbocycles. The first-order valence-electron chi connectivity index (χ1n) is 6.43. The van der Waals surface area contributed by atoms with E-state index in [4.69, 9.17) is 0 Å². The summed E-state index contributed by atoms with van der Waals surface area (Å²) in [6.45, 7) is 6.69. The summed E-state index contributed by atoms with van der Waals surface area (Å²) in [5.74, 6) is 0.872. The lowest BCUT2D eigenvalue weighted by molar-refractivity contribution is -0.123. The summed E-state index contributed by atoms with van der Waals surface area (Å²) in [6.07, 6.45) is 5.52. The second kappa shape index (κ2) is 4.25. The minimum absolute atomic E-state index is 0.349. The van der Waals surface area contributed by atoms with Crippen molar-refractivity contribution in [3.8, 4) is 0 Å². The van der Waals surface area contributed by atoms with Crippen molar-refractivity contribution in [1.82, 2.24) is 4.90 Å². The van der Waals surface area contributed by atoms with Gasteiger partial charge in [0.1, 0.15) is 5.78 Å². The van der Waals surface area contributed by atoms with E-state index in [1.807, 2.05) is 0 Å². The Kier molecular flexibility index (Phi) is 3.15. The summed E-state index contributed by atoms with van der Waals surface area (Å²) < 4.78 is 0. The Morgan fingerprint density at radius 2 is 2.00 bits per heavy atom. The number of carbonyl (C=O) groups is 1. The van der Waals surface area contributed by atoms with Crippen molar-refractivity contribution in [3.63, 3.8) is 0 Å². The zero-order chi connectivity index (χ0) is 11.0. The number of fused-ring (bicyclic) bond motifs is 2. The SMILES string of the molecule is CCC1CC2CCC(CC1=O)N2C(C)C. The molecule has 2 heteroatoms. The monoisotopic (exact) mass is 209 g/mol. The number of nitrogens with zero attached hydrogens (tertiary/aromatic N) is 1. The Labute approximate surface area is 93.0 Å². The van der Waals surface area contributed by atoms with Crippen molar-refractivity contribution in [2.45, 2.75) is 71.0 Å². The van der Waals surface area contributed by atoms with Gasteiger partial charge in [-0.3, -0.25) is 9.69 Å². The van der Waals surface area contributed by atoms with Crippen molar-refractivity contribution < 1.29 is 4.79 Å². The predicted octanol–water partition coefficient (Wildman–Crippen LogP) is 2.62. The molecule has 0 aliphatic carbocycles. The van der Waals surface area contributed by atoms with E-state index < -0.39 is 0 Å². The predicted molar refractivity (Wildman–Crippen MR) is 61.8 cm³/mol. The van der Waals surface area contributed by atoms with E-state index in [9.17, 15) is 4.79 Å². The van der Waals surface area contributed by atoms with Gasteiger partial charge in [0.25, 0.3) is 0 Å². The molecule has 0 aromatic rings. The normalized spacial score (nSPS) is 37.3. The number of hydrogen-bond donors (Lipinski definition) is 0. The lowest BCUT2D eigenvalue weighted by Crippen LogP contribution is -2.40. The van der Waals surface area contributed by atoms with E-state index in [2.05, 4.69) is 25.7 Å². The van der Waals surface area contributed by atoms with Gasteiger partial charge in [-0.1, -0.05) is 6.92 Å². The van der Waals surface area contributed by atoms with Crippen LogP contribution in [0.1, 0.15) is 52.9 Å². The molecular weight excluding hydrogens is 186 g/mol. The van der Waals surface area contributed by atoms with Gasteiger partial charge >= 0.3 is 0 Å². The standard InChI is InChI=1S/C13H23NO/c1-4-10-7-11-5-6-12(8-13(10)15)14(11)9(2)3/h9-12H,4-8H2,1-3H3. The van der Waals surface area contributed by atoms with E-state index in [0.29, 0.717) is 29.8 Å². The molecule has 2 aliphatic heterocycles. The van der Waals surface area contributed by atoms with Crippen LogP contribution in [-0.4, -0.2) is 28.8 Å². The highest BCUT2D eigenvalue weighted by atomic mass is 16.1. The fourth-order valence-corrected chi connectivity index (χ4v) is 3.52. The summed E-state index contributed by atoms with van der Waals surface area (Å²) in [7, 11) is 0. The molecule has 0 radical (unpaired) electrons. The van der Waals surface area contributed by atoms with Crippen LogP contribution in [0.5, 0.6) is 0 Å². The van der Waals surface area contributed by atoms with Crippen LogP contribution in [-0.2, 0) is 4.79 Å². The summed E-state index contributed by atoms with van der Waals surface area (Å²) in [5.41, 5.74) is 0. The van der Waals surface area contributed by atoms with Gasteiger partial charge in [0.15, 0.2) is 0 Å². The van der Waals surface area contributed by atoms with Gasteiger partial charge < -0.3 is 0 Å². The maximum absolute atomic E-state index is 12.0. The Balaban J connectivity index is 2.16. The number of carbonyl (C=O) groups excluding carboxylic acids is 1. The number of rotatable bonds is 2. The van der Waals surface area contributed by atoms with Crippen LogP contribution in [0.3, 0.4) is 0 Å². The molecule has 0 N–H and O–H groups in total. The third-order valence-electron chi connectivity index (χ3n) is 4.21. The minimum atomic E-state index is 0.349. The highest BCUT2D eigenvalue weighted by Crippen LogP contribution is 2.37. The van der Waals surface area contributed by atoms with E-state index >= 15 is 0 Å². The smallest absolute Gasteiger partial charge is 0.137 e. The van der Waals surface area contributed by atoms with Crippen LogP contribution in [0.25, 0.3) is 0 Å². The molecule has 2 saturated heterocycles. The third kappa shape index (κ3) is 1.96. The minimum Gasteiger partial charge on any atom is -0.299 e. The number of hydrogen-bond acceptors (Lipinski definition) is 2. The molecule has 0 aromatic heterocycles. The number of Topliss-reactive ketones (excluding diaryl/α,β-unsaturated/α-hetero) is 1. The molecule has 3 unspecified atom stereocenters. The second-order valence-corrected chi connectivity index (χ2v) is 5.44. The van der Waals surface area contributed by atoms with Crippen molar-refractivity contribution in [3.05, 3.63) is 0 Å². The van der Waals surface area contributed by atoms with E-state index in [1.165, 1.54) is 12.8 Å². The molecule has 2 aliphatic rings. The zero-order valence-corrected chi connectivity index (χ0v) is 10.2. The topological polar surface area (TPSA) is 20.3 Å². The fourth-order valence-electron chi connectivity index (χ4n) is 3.52. The summed E-state index contributed by atoms with van der Waals surface area (Å²) in [5, 5.41) is 0. The van der Waals surface area contributed by atoms with Crippen molar-refractivity contribution in [1.29, 1.82) is 0 Å². The van der Waals surface area contributed by atoms with Gasteiger partial charge in [-0.2, -0.15) is 0 Å². The quantitative estimate of drug-likeness (QED) is 0.697. The van der Waals surface area contributed by atoms with Crippen LogP contribution in [0, 0.1) is 5.92 Å². The van der Waals surface area contributed by atoms with Gasteiger partial charge in [-0.15, -0.1) is 0 Å². The molecule has 3 atom stereocenters. The lowest BCUT2D eigenvalue weighted by atomic mass is 9.88.